The van der Waals surface area contributed by atoms with Crippen molar-refractivity contribution in [1.82, 2.24) is 9.71 Å². The number of aromatic nitrogens is 1. The number of carbonyl (C=O) groups excluding carboxylic acids is 1. The van der Waals surface area contributed by atoms with Crippen LogP contribution in [0, 0.1) is 0 Å². The molecule has 4 aromatic rings. The summed E-state index contributed by atoms with van der Waals surface area (Å²) < 4.78 is 27.7. The fourth-order valence-electron chi connectivity index (χ4n) is 2.92. The quantitative estimate of drug-likeness (QED) is 0.434. The van der Waals surface area contributed by atoms with Crippen molar-refractivity contribution >= 4 is 33.1 Å². The molecule has 2 heterocycles. The maximum absolute atomic E-state index is 12.6. The van der Waals surface area contributed by atoms with Crippen LogP contribution in [0.25, 0.3) is 11.1 Å². The number of carbonyl (C=O) groups is 1. The van der Waals surface area contributed by atoms with Crippen molar-refractivity contribution in [3.8, 4) is 11.1 Å². The first-order valence-electron chi connectivity index (χ1n) is 9.46. The number of amides is 1. The van der Waals surface area contributed by atoms with E-state index in [-0.39, 0.29) is 17.0 Å². The molecule has 0 fully saturated rings. The SMILES string of the molecule is O=C(Nc1ccc(-c2ccccc2)cn1)c1cccc(S(=O)(=O)NCc2cccs2)c1. The number of hydrogen-bond acceptors (Lipinski definition) is 5. The van der Waals surface area contributed by atoms with Gasteiger partial charge in [0.15, 0.2) is 0 Å². The van der Waals surface area contributed by atoms with Gasteiger partial charge in [0, 0.05) is 28.7 Å². The summed E-state index contributed by atoms with van der Waals surface area (Å²) in [4.78, 5) is 17.9. The number of benzene rings is 2. The molecular weight excluding hydrogens is 430 g/mol. The second kappa shape index (κ2) is 9.22. The van der Waals surface area contributed by atoms with Gasteiger partial charge >= 0.3 is 0 Å². The van der Waals surface area contributed by atoms with Gasteiger partial charge in [-0.2, -0.15) is 0 Å². The summed E-state index contributed by atoms with van der Waals surface area (Å²) in [6, 6.07) is 23.0. The number of pyridine rings is 1. The predicted octanol–water partition coefficient (Wildman–Crippen LogP) is 4.54. The van der Waals surface area contributed by atoms with E-state index in [1.54, 1.807) is 24.4 Å². The third kappa shape index (κ3) is 5.24. The van der Waals surface area contributed by atoms with Crippen LogP contribution >= 0.6 is 11.3 Å². The van der Waals surface area contributed by atoms with Crippen molar-refractivity contribution in [3.63, 3.8) is 0 Å². The van der Waals surface area contributed by atoms with Gasteiger partial charge < -0.3 is 5.32 Å². The van der Waals surface area contributed by atoms with Crippen molar-refractivity contribution in [3.05, 3.63) is 101 Å². The Morgan fingerprint density at radius 1 is 0.903 bits per heavy atom. The number of sulfonamides is 1. The van der Waals surface area contributed by atoms with Crippen molar-refractivity contribution in [2.75, 3.05) is 5.32 Å². The third-order valence-corrected chi connectivity index (χ3v) is 6.81. The first-order chi connectivity index (χ1) is 15.0. The summed E-state index contributed by atoms with van der Waals surface area (Å²) in [7, 11) is -3.74. The van der Waals surface area contributed by atoms with E-state index in [0.29, 0.717) is 5.82 Å². The molecular formula is C23H19N3O3S2. The summed E-state index contributed by atoms with van der Waals surface area (Å²) >= 11 is 1.47. The van der Waals surface area contributed by atoms with Crippen molar-refractivity contribution in [2.24, 2.45) is 0 Å². The van der Waals surface area contributed by atoms with Crippen LogP contribution in [0.3, 0.4) is 0 Å². The van der Waals surface area contributed by atoms with Crippen LogP contribution in [-0.2, 0) is 16.6 Å². The zero-order chi connectivity index (χ0) is 21.7. The highest BCUT2D eigenvalue weighted by atomic mass is 32.2. The molecule has 2 aromatic carbocycles. The Hall–Kier alpha value is -3.33. The molecule has 0 bridgehead atoms. The van der Waals surface area contributed by atoms with E-state index in [0.717, 1.165) is 16.0 Å². The fraction of sp³-hybridized carbons (Fsp3) is 0.0435. The number of nitrogens with one attached hydrogen (secondary N) is 2. The minimum atomic E-state index is -3.74. The number of nitrogens with zero attached hydrogens (tertiary/aromatic N) is 1. The lowest BCUT2D eigenvalue weighted by molar-refractivity contribution is 0.102. The molecule has 6 nitrogen and oxygen atoms in total. The van der Waals surface area contributed by atoms with Gasteiger partial charge in [0.2, 0.25) is 10.0 Å². The van der Waals surface area contributed by atoms with E-state index in [2.05, 4.69) is 15.0 Å². The Morgan fingerprint density at radius 3 is 2.45 bits per heavy atom. The molecule has 2 aromatic heterocycles. The summed E-state index contributed by atoms with van der Waals surface area (Å²) in [5.74, 6) is -0.0518. The maximum atomic E-state index is 12.6. The van der Waals surface area contributed by atoms with E-state index in [1.165, 1.54) is 23.5 Å². The van der Waals surface area contributed by atoms with E-state index >= 15 is 0 Å². The van der Waals surface area contributed by atoms with E-state index in [1.807, 2.05) is 53.9 Å². The zero-order valence-electron chi connectivity index (χ0n) is 16.4. The van der Waals surface area contributed by atoms with Crippen molar-refractivity contribution in [2.45, 2.75) is 11.4 Å². The molecule has 0 unspecified atom stereocenters. The Kier molecular flexibility index (Phi) is 6.22. The van der Waals surface area contributed by atoms with Crippen LogP contribution in [0.5, 0.6) is 0 Å². The normalized spacial score (nSPS) is 11.2. The van der Waals surface area contributed by atoms with Gasteiger partial charge in [-0.15, -0.1) is 11.3 Å². The highest BCUT2D eigenvalue weighted by molar-refractivity contribution is 7.89. The smallest absolute Gasteiger partial charge is 0.256 e. The maximum Gasteiger partial charge on any atom is 0.256 e. The van der Waals surface area contributed by atoms with Gasteiger partial charge in [0.1, 0.15) is 5.82 Å². The van der Waals surface area contributed by atoms with Crippen LogP contribution in [0.2, 0.25) is 0 Å². The molecule has 2 N–H and O–H groups in total. The van der Waals surface area contributed by atoms with Crippen molar-refractivity contribution < 1.29 is 13.2 Å². The lowest BCUT2D eigenvalue weighted by atomic mass is 10.1. The van der Waals surface area contributed by atoms with Gasteiger partial charge in [-0.25, -0.2) is 18.1 Å². The Balaban J connectivity index is 1.45. The number of anilines is 1. The molecule has 0 spiro atoms. The van der Waals surface area contributed by atoms with Gasteiger partial charge in [-0.3, -0.25) is 4.79 Å². The highest BCUT2D eigenvalue weighted by Gasteiger charge is 2.16. The van der Waals surface area contributed by atoms with Crippen LogP contribution < -0.4 is 10.0 Å². The molecule has 1 amide bonds. The molecule has 0 saturated carbocycles. The molecule has 156 valence electrons. The molecule has 31 heavy (non-hydrogen) atoms. The topological polar surface area (TPSA) is 88.2 Å². The summed E-state index contributed by atoms with van der Waals surface area (Å²) in [6.07, 6.45) is 1.68. The second-order valence-corrected chi connectivity index (χ2v) is 9.48. The average molecular weight is 450 g/mol. The van der Waals surface area contributed by atoms with Crippen LogP contribution in [0.4, 0.5) is 5.82 Å². The molecule has 0 aliphatic heterocycles. The molecule has 4 rings (SSSR count). The molecule has 8 heteroatoms. The Morgan fingerprint density at radius 2 is 1.74 bits per heavy atom. The van der Waals surface area contributed by atoms with Crippen LogP contribution in [-0.4, -0.2) is 19.3 Å². The van der Waals surface area contributed by atoms with E-state index in [4.69, 9.17) is 0 Å². The van der Waals surface area contributed by atoms with Gasteiger partial charge in [0.05, 0.1) is 4.90 Å². The minimum absolute atomic E-state index is 0.0316. The highest BCUT2D eigenvalue weighted by Crippen LogP contribution is 2.20. The average Bonchev–Trinajstić information content (AvgIpc) is 3.33. The number of rotatable bonds is 7. The number of thiophene rings is 1. The minimum Gasteiger partial charge on any atom is -0.307 e. The first kappa shape index (κ1) is 20.9. The summed E-state index contributed by atoms with van der Waals surface area (Å²) in [5.41, 5.74) is 2.19. The van der Waals surface area contributed by atoms with Gasteiger partial charge in [-0.05, 0) is 47.3 Å². The lowest BCUT2D eigenvalue weighted by Gasteiger charge is -2.09. The van der Waals surface area contributed by atoms with Crippen molar-refractivity contribution in [1.29, 1.82) is 0 Å². The Bertz CT molecular complexity index is 1270. The van der Waals surface area contributed by atoms with Crippen LogP contribution in [0.1, 0.15) is 15.2 Å². The monoisotopic (exact) mass is 449 g/mol. The molecule has 0 aliphatic rings. The molecule has 0 saturated heterocycles. The fourth-order valence-corrected chi connectivity index (χ4v) is 4.71. The molecule has 0 atom stereocenters. The van der Waals surface area contributed by atoms with Gasteiger partial charge in [0.25, 0.3) is 5.91 Å². The number of hydrogen-bond donors (Lipinski definition) is 2. The Labute approximate surface area is 184 Å². The van der Waals surface area contributed by atoms with E-state index in [9.17, 15) is 13.2 Å². The van der Waals surface area contributed by atoms with E-state index < -0.39 is 15.9 Å². The standard InChI is InChI=1S/C23H19N3O3S2/c27-23(26-22-12-11-19(15-24-22)17-6-2-1-3-7-17)18-8-4-10-21(14-18)31(28,29)25-16-20-9-5-13-30-20/h1-15,25H,16H2,(H,24,26,27). The zero-order valence-corrected chi connectivity index (χ0v) is 18.0. The lowest BCUT2D eigenvalue weighted by Crippen LogP contribution is -2.23. The van der Waals surface area contributed by atoms with Gasteiger partial charge in [-0.1, -0.05) is 42.5 Å². The van der Waals surface area contributed by atoms with Crippen LogP contribution in [0.15, 0.2) is 95.3 Å². The third-order valence-electron chi connectivity index (χ3n) is 4.54. The first-order valence-corrected chi connectivity index (χ1v) is 11.8. The summed E-state index contributed by atoms with van der Waals surface area (Å²) in [6.45, 7) is 0.202. The molecule has 0 aliphatic carbocycles. The predicted molar refractivity (Wildman–Crippen MR) is 122 cm³/mol. The second-order valence-electron chi connectivity index (χ2n) is 6.68. The largest absolute Gasteiger partial charge is 0.307 e. The summed E-state index contributed by atoms with van der Waals surface area (Å²) in [5, 5.41) is 4.59. The molecule has 0 radical (unpaired) electrons.